The second-order valence-corrected chi connectivity index (χ2v) is 6.91. The molecule has 5 heteroatoms. The van der Waals surface area contributed by atoms with Crippen molar-refractivity contribution in [3.05, 3.63) is 64.7 Å². The van der Waals surface area contributed by atoms with Gasteiger partial charge < -0.3 is 9.64 Å². The number of carbonyl (C=O) groups is 1. The van der Waals surface area contributed by atoms with Gasteiger partial charge in [-0.25, -0.2) is 4.79 Å². The first-order valence-corrected chi connectivity index (χ1v) is 9.52. The molecule has 26 heavy (non-hydrogen) atoms. The maximum absolute atomic E-state index is 11.7. The molecule has 1 fully saturated rings. The standard InChI is InChI=1S/C21H25ClN2O2/c1-2-26-21(25)18-5-3-17(4-6-18)11-12-23-13-15-24(16-14-23)20-9-7-19(22)8-10-20/h3-10H,2,11-16H2,1H3. The van der Waals surface area contributed by atoms with Crippen LogP contribution < -0.4 is 4.90 Å². The van der Waals surface area contributed by atoms with Crippen molar-refractivity contribution >= 4 is 23.3 Å². The van der Waals surface area contributed by atoms with Gasteiger partial charge in [0.1, 0.15) is 0 Å². The zero-order valence-electron chi connectivity index (χ0n) is 15.2. The molecule has 1 aliphatic heterocycles. The first-order chi connectivity index (χ1) is 12.7. The van der Waals surface area contributed by atoms with Crippen molar-refractivity contribution < 1.29 is 9.53 Å². The van der Waals surface area contributed by atoms with Gasteiger partial charge >= 0.3 is 5.97 Å². The van der Waals surface area contributed by atoms with E-state index in [-0.39, 0.29) is 5.97 Å². The van der Waals surface area contributed by atoms with Gasteiger partial charge in [-0.3, -0.25) is 4.90 Å². The maximum Gasteiger partial charge on any atom is 0.338 e. The summed E-state index contributed by atoms with van der Waals surface area (Å²) < 4.78 is 5.02. The van der Waals surface area contributed by atoms with Crippen molar-refractivity contribution in [2.75, 3.05) is 44.2 Å². The summed E-state index contributed by atoms with van der Waals surface area (Å²) in [5.74, 6) is -0.252. The first-order valence-electron chi connectivity index (χ1n) is 9.14. The molecule has 1 aliphatic rings. The molecule has 3 rings (SSSR count). The van der Waals surface area contributed by atoms with E-state index in [9.17, 15) is 4.79 Å². The minimum atomic E-state index is -0.252. The summed E-state index contributed by atoms with van der Waals surface area (Å²) in [7, 11) is 0. The Bertz CT molecular complexity index is 708. The van der Waals surface area contributed by atoms with Gasteiger partial charge in [0.2, 0.25) is 0 Å². The number of benzene rings is 2. The molecular formula is C21H25ClN2O2. The first kappa shape index (κ1) is 18.7. The van der Waals surface area contributed by atoms with E-state index in [1.54, 1.807) is 0 Å². The average Bonchev–Trinajstić information content (AvgIpc) is 2.68. The van der Waals surface area contributed by atoms with Crippen LogP contribution in [-0.2, 0) is 11.2 Å². The Morgan fingerprint density at radius 3 is 2.27 bits per heavy atom. The lowest BCUT2D eigenvalue weighted by Gasteiger charge is -2.36. The molecule has 2 aromatic carbocycles. The monoisotopic (exact) mass is 372 g/mol. The van der Waals surface area contributed by atoms with Crippen molar-refractivity contribution in [3.63, 3.8) is 0 Å². The van der Waals surface area contributed by atoms with Gasteiger partial charge in [-0.2, -0.15) is 0 Å². The average molecular weight is 373 g/mol. The van der Waals surface area contributed by atoms with Crippen LogP contribution in [-0.4, -0.2) is 50.2 Å². The van der Waals surface area contributed by atoms with Crippen molar-refractivity contribution in [1.82, 2.24) is 4.90 Å². The zero-order chi connectivity index (χ0) is 18.4. The molecule has 0 spiro atoms. The highest BCUT2D eigenvalue weighted by atomic mass is 35.5. The Balaban J connectivity index is 1.45. The number of hydrogen-bond donors (Lipinski definition) is 0. The number of halogens is 1. The number of hydrogen-bond acceptors (Lipinski definition) is 4. The number of rotatable bonds is 6. The molecule has 0 aliphatic carbocycles. The molecule has 0 radical (unpaired) electrons. The van der Waals surface area contributed by atoms with E-state index in [4.69, 9.17) is 16.3 Å². The lowest BCUT2D eigenvalue weighted by Crippen LogP contribution is -2.46. The summed E-state index contributed by atoms with van der Waals surface area (Å²) >= 11 is 5.96. The highest BCUT2D eigenvalue weighted by molar-refractivity contribution is 6.30. The van der Waals surface area contributed by atoms with E-state index in [1.165, 1.54) is 11.3 Å². The molecule has 2 aromatic rings. The van der Waals surface area contributed by atoms with Gasteiger partial charge in [-0.1, -0.05) is 23.7 Å². The third-order valence-corrected chi connectivity index (χ3v) is 5.00. The van der Waals surface area contributed by atoms with Gasteiger partial charge in [-0.05, 0) is 55.3 Å². The smallest absolute Gasteiger partial charge is 0.338 e. The fourth-order valence-electron chi connectivity index (χ4n) is 3.19. The molecule has 1 heterocycles. The van der Waals surface area contributed by atoms with Crippen LogP contribution in [0.1, 0.15) is 22.8 Å². The number of anilines is 1. The SMILES string of the molecule is CCOC(=O)c1ccc(CCN2CCN(c3ccc(Cl)cc3)CC2)cc1. The normalized spacial score (nSPS) is 15.1. The highest BCUT2D eigenvalue weighted by Gasteiger charge is 2.17. The molecular weight excluding hydrogens is 348 g/mol. The molecule has 1 saturated heterocycles. The maximum atomic E-state index is 11.7. The van der Waals surface area contributed by atoms with Crippen molar-refractivity contribution in [2.24, 2.45) is 0 Å². The molecule has 0 amide bonds. The van der Waals surface area contributed by atoms with E-state index in [0.717, 1.165) is 44.2 Å². The lowest BCUT2D eigenvalue weighted by atomic mass is 10.1. The van der Waals surface area contributed by atoms with Gasteiger partial charge in [0.25, 0.3) is 0 Å². The summed E-state index contributed by atoms with van der Waals surface area (Å²) in [5.41, 5.74) is 3.11. The summed E-state index contributed by atoms with van der Waals surface area (Å²) in [5, 5.41) is 0.779. The van der Waals surface area contributed by atoms with Crippen LogP contribution in [0.5, 0.6) is 0 Å². The largest absolute Gasteiger partial charge is 0.462 e. The van der Waals surface area contributed by atoms with E-state index >= 15 is 0 Å². The minimum absolute atomic E-state index is 0.252. The van der Waals surface area contributed by atoms with Crippen LogP contribution in [0.25, 0.3) is 0 Å². The van der Waals surface area contributed by atoms with Gasteiger partial charge in [-0.15, -0.1) is 0 Å². The van der Waals surface area contributed by atoms with Crippen molar-refractivity contribution in [3.8, 4) is 0 Å². The number of esters is 1. The predicted octanol–water partition coefficient (Wildman–Crippen LogP) is 3.88. The Morgan fingerprint density at radius 2 is 1.65 bits per heavy atom. The van der Waals surface area contributed by atoms with E-state index in [1.807, 2.05) is 43.3 Å². The Labute approximate surface area is 160 Å². The lowest BCUT2D eigenvalue weighted by molar-refractivity contribution is 0.0526. The third-order valence-electron chi connectivity index (χ3n) is 4.75. The number of carbonyl (C=O) groups excluding carboxylic acids is 1. The summed E-state index contributed by atoms with van der Waals surface area (Å²) in [4.78, 5) is 16.6. The molecule has 0 N–H and O–H groups in total. The minimum Gasteiger partial charge on any atom is -0.462 e. The van der Waals surface area contributed by atoms with Crippen LogP contribution in [0.4, 0.5) is 5.69 Å². The topological polar surface area (TPSA) is 32.8 Å². The van der Waals surface area contributed by atoms with Gasteiger partial charge in [0, 0.05) is 43.4 Å². The fourth-order valence-corrected chi connectivity index (χ4v) is 3.32. The second-order valence-electron chi connectivity index (χ2n) is 6.47. The molecule has 4 nitrogen and oxygen atoms in total. The van der Waals surface area contributed by atoms with E-state index < -0.39 is 0 Å². The molecule has 0 atom stereocenters. The third kappa shape index (κ3) is 4.99. The second kappa shape index (κ2) is 9.06. The molecule has 0 bridgehead atoms. The Morgan fingerprint density at radius 1 is 1.00 bits per heavy atom. The summed E-state index contributed by atoms with van der Waals surface area (Å²) in [6, 6.07) is 15.8. The molecule has 0 unspecified atom stereocenters. The van der Waals surface area contributed by atoms with Crippen molar-refractivity contribution in [1.29, 1.82) is 0 Å². The van der Waals surface area contributed by atoms with Gasteiger partial charge in [0.15, 0.2) is 0 Å². The zero-order valence-corrected chi connectivity index (χ0v) is 15.9. The van der Waals surface area contributed by atoms with Crippen LogP contribution in [0.15, 0.2) is 48.5 Å². The van der Waals surface area contributed by atoms with E-state index in [0.29, 0.717) is 12.2 Å². The fraction of sp³-hybridized carbons (Fsp3) is 0.381. The van der Waals surface area contributed by atoms with Crippen LogP contribution >= 0.6 is 11.6 Å². The van der Waals surface area contributed by atoms with Crippen LogP contribution in [0, 0.1) is 0 Å². The Hall–Kier alpha value is -2.04. The number of piperazine rings is 1. The van der Waals surface area contributed by atoms with Crippen LogP contribution in [0.2, 0.25) is 5.02 Å². The van der Waals surface area contributed by atoms with Crippen molar-refractivity contribution in [2.45, 2.75) is 13.3 Å². The quantitative estimate of drug-likeness (QED) is 0.720. The number of nitrogens with zero attached hydrogens (tertiary/aromatic N) is 2. The number of ether oxygens (including phenoxy) is 1. The molecule has 0 saturated carbocycles. The molecule has 138 valence electrons. The summed E-state index contributed by atoms with van der Waals surface area (Å²) in [6.45, 7) is 7.44. The predicted molar refractivity (Wildman–Crippen MR) is 106 cm³/mol. The summed E-state index contributed by atoms with van der Waals surface area (Å²) in [6.07, 6.45) is 0.990. The Kier molecular flexibility index (Phi) is 6.53. The van der Waals surface area contributed by atoms with Gasteiger partial charge in [0.05, 0.1) is 12.2 Å². The highest BCUT2D eigenvalue weighted by Crippen LogP contribution is 2.19. The van der Waals surface area contributed by atoms with Crippen LogP contribution in [0.3, 0.4) is 0 Å². The van der Waals surface area contributed by atoms with E-state index in [2.05, 4.69) is 21.9 Å². The molecule has 0 aromatic heterocycles.